The molecule has 0 saturated heterocycles. The van der Waals surface area contributed by atoms with Gasteiger partial charge in [-0.1, -0.05) is 17.7 Å². The highest BCUT2D eigenvalue weighted by Gasteiger charge is 2.03. The molecule has 2 aromatic rings. The zero-order chi connectivity index (χ0) is 13.0. The summed E-state index contributed by atoms with van der Waals surface area (Å²) in [5, 5.41) is 17.9. The van der Waals surface area contributed by atoms with Gasteiger partial charge in [0, 0.05) is 6.07 Å². The van der Waals surface area contributed by atoms with Crippen molar-refractivity contribution in [2.24, 2.45) is 0 Å². The van der Waals surface area contributed by atoms with Crippen LogP contribution >= 0.6 is 11.6 Å². The van der Waals surface area contributed by atoms with Gasteiger partial charge in [0.25, 0.3) is 0 Å². The van der Waals surface area contributed by atoms with Gasteiger partial charge in [-0.3, -0.25) is 0 Å². The molecule has 0 fully saturated rings. The Kier molecular flexibility index (Phi) is 3.48. The maximum Gasteiger partial charge on any atom is 0.129 e. The van der Waals surface area contributed by atoms with Crippen LogP contribution in [0.25, 0.3) is 0 Å². The number of nitriles is 2. The van der Waals surface area contributed by atoms with Crippen LogP contribution in [-0.2, 0) is 0 Å². The lowest BCUT2D eigenvalue weighted by Gasteiger charge is -2.06. The predicted molar refractivity (Wildman–Crippen MR) is 67.4 cm³/mol. The highest BCUT2D eigenvalue weighted by Crippen LogP contribution is 2.26. The molecule has 2 aromatic carbocycles. The van der Waals surface area contributed by atoms with Gasteiger partial charge in [-0.05, 0) is 30.3 Å². The zero-order valence-corrected chi connectivity index (χ0v) is 9.98. The lowest BCUT2D eigenvalue weighted by molar-refractivity contribution is 0.482. The molecule has 0 atom stereocenters. The van der Waals surface area contributed by atoms with Gasteiger partial charge in [0.05, 0.1) is 22.2 Å². The van der Waals surface area contributed by atoms with E-state index in [1.807, 2.05) is 12.1 Å². The minimum atomic E-state index is 0.339. The summed E-state index contributed by atoms with van der Waals surface area (Å²) in [5.41, 5.74) is 0.919. The Morgan fingerprint density at radius 1 is 0.944 bits per heavy atom. The Bertz CT molecular complexity index is 668. The normalized spacial score (nSPS) is 9.28. The molecule has 0 spiro atoms. The number of nitrogens with zero attached hydrogens (tertiary/aromatic N) is 2. The Hall–Kier alpha value is -2.49. The molecule has 4 heteroatoms. The molecule has 3 nitrogen and oxygen atoms in total. The first-order valence-electron chi connectivity index (χ1n) is 5.10. The van der Waals surface area contributed by atoms with E-state index in [4.69, 9.17) is 26.9 Å². The summed E-state index contributed by atoms with van der Waals surface area (Å²) in [7, 11) is 0. The first kappa shape index (κ1) is 12.0. The Labute approximate surface area is 109 Å². The van der Waals surface area contributed by atoms with Gasteiger partial charge in [0.2, 0.25) is 0 Å². The number of halogens is 1. The molecule has 0 saturated carbocycles. The van der Waals surface area contributed by atoms with Crippen LogP contribution in [0.4, 0.5) is 0 Å². The molecular weight excluding hydrogens is 248 g/mol. The van der Waals surface area contributed by atoms with Gasteiger partial charge in [-0.25, -0.2) is 0 Å². The van der Waals surface area contributed by atoms with E-state index in [1.165, 1.54) is 0 Å². The SMILES string of the molecule is N#Cc1cccc(Oc2ccc(C#N)c(Cl)c2)c1. The van der Waals surface area contributed by atoms with Gasteiger partial charge in [0.1, 0.15) is 17.6 Å². The van der Waals surface area contributed by atoms with Crippen LogP contribution in [-0.4, -0.2) is 0 Å². The fourth-order valence-corrected chi connectivity index (χ4v) is 1.63. The predicted octanol–water partition coefficient (Wildman–Crippen LogP) is 3.88. The quantitative estimate of drug-likeness (QED) is 0.817. The average Bonchev–Trinajstić information content (AvgIpc) is 2.39. The largest absolute Gasteiger partial charge is 0.457 e. The van der Waals surface area contributed by atoms with Crippen molar-refractivity contribution in [1.29, 1.82) is 10.5 Å². The van der Waals surface area contributed by atoms with Crippen molar-refractivity contribution in [1.82, 2.24) is 0 Å². The molecule has 18 heavy (non-hydrogen) atoms. The highest BCUT2D eigenvalue weighted by atomic mass is 35.5. The van der Waals surface area contributed by atoms with Crippen molar-refractivity contribution in [3.63, 3.8) is 0 Å². The number of benzene rings is 2. The van der Waals surface area contributed by atoms with Crippen LogP contribution in [0.1, 0.15) is 11.1 Å². The van der Waals surface area contributed by atoms with Gasteiger partial charge < -0.3 is 4.74 Å². The van der Waals surface area contributed by atoms with Crippen LogP contribution in [0.15, 0.2) is 42.5 Å². The topological polar surface area (TPSA) is 56.8 Å². The molecule has 0 amide bonds. The molecule has 0 heterocycles. The van der Waals surface area contributed by atoms with Gasteiger partial charge in [-0.15, -0.1) is 0 Å². The van der Waals surface area contributed by atoms with Crippen LogP contribution in [0.3, 0.4) is 0 Å². The van der Waals surface area contributed by atoms with Crippen molar-refractivity contribution in [2.75, 3.05) is 0 Å². The third kappa shape index (κ3) is 2.60. The third-order valence-electron chi connectivity index (χ3n) is 2.26. The summed E-state index contributed by atoms with van der Waals surface area (Å²) in [4.78, 5) is 0. The molecule has 0 aliphatic rings. The zero-order valence-electron chi connectivity index (χ0n) is 9.22. The molecule has 2 rings (SSSR count). The average molecular weight is 255 g/mol. The second-order valence-electron chi connectivity index (χ2n) is 3.50. The third-order valence-corrected chi connectivity index (χ3v) is 2.57. The lowest BCUT2D eigenvalue weighted by Crippen LogP contribution is -1.86. The molecule has 0 aromatic heterocycles. The number of rotatable bonds is 2. The number of hydrogen-bond donors (Lipinski definition) is 0. The van der Waals surface area contributed by atoms with Gasteiger partial charge in [0.15, 0.2) is 0 Å². The molecule has 0 aliphatic heterocycles. The first-order valence-corrected chi connectivity index (χ1v) is 5.48. The van der Waals surface area contributed by atoms with Crippen molar-refractivity contribution >= 4 is 11.6 Å². The lowest BCUT2D eigenvalue weighted by atomic mass is 10.2. The van der Waals surface area contributed by atoms with Crippen molar-refractivity contribution in [3.8, 4) is 23.6 Å². The first-order chi connectivity index (χ1) is 8.72. The van der Waals surface area contributed by atoms with Gasteiger partial charge >= 0.3 is 0 Å². The van der Waals surface area contributed by atoms with E-state index >= 15 is 0 Å². The summed E-state index contributed by atoms with van der Waals surface area (Å²) >= 11 is 5.90. The Morgan fingerprint density at radius 2 is 1.72 bits per heavy atom. The van der Waals surface area contributed by atoms with Crippen LogP contribution in [0.5, 0.6) is 11.5 Å². The minimum Gasteiger partial charge on any atom is -0.457 e. The van der Waals surface area contributed by atoms with Crippen molar-refractivity contribution in [2.45, 2.75) is 0 Å². The summed E-state index contributed by atoms with van der Waals surface area (Å²) in [6, 6.07) is 15.6. The smallest absolute Gasteiger partial charge is 0.129 e. The standard InChI is InChI=1S/C14H7ClN2O/c15-14-7-13(5-4-11(14)9-17)18-12-3-1-2-10(6-12)8-16/h1-7H. The minimum absolute atomic E-state index is 0.339. The van der Waals surface area contributed by atoms with E-state index in [9.17, 15) is 0 Å². The van der Waals surface area contributed by atoms with Gasteiger partial charge in [-0.2, -0.15) is 10.5 Å². The van der Waals surface area contributed by atoms with Crippen LogP contribution in [0.2, 0.25) is 5.02 Å². The summed E-state index contributed by atoms with van der Waals surface area (Å²) < 4.78 is 5.56. The van der Waals surface area contributed by atoms with Crippen molar-refractivity contribution < 1.29 is 4.74 Å². The fraction of sp³-hybridized carbons (Fsp3) is 0. The second-order valence-corrected chi connectivity index (χ2v) is 3.90. The Morgan fingerprint density at radius 3 is 2.39 bits per heavy atom. The molecule has 0 aliphatic carbocycles. The highest BCUT2D eigenvalue weighted by molar-refractivity contribution is 6.31. The molecule has 0 bridgehead atoms. The van der Waals surface area contributed by atoms with E-state index in [0.29, 0.717) is 27.6 Å². The Balaban J connectivity index is 2.27. The second kappa shape index (κ2) is 5.23. The monoisotopic (exact) mass is 254 g/mol. The molecule has 0 N–H and O–H groups in total. The van der Waals surface area contributed by atoms with E-state index in [2.05, 4.69) is 0 Å². The molecule has 0 unspecified atom stereocenters. The maximum absolute atomic E-state index is 8.78. The molecule has 86 valence electrons. The molecular formula is C14H7ClN2O. The molecule has 0 radical (unpaired) electrons. The van der Waals surface area contributed by atoms with Crippen LogP contribution < -0.4 is 4.74 Å². The van der Waals surface area contributed by atoms with E-state index in [-0.39, 0.29) is 0 Å². The summed E-state index contributed by atoms with van der Waals surface area (Å²) in [5.74, 6) is 1.07. The van der Waals surface area contributed by atoms with E-state index in [1.54, 1.807) is 42.5 Å². The maximum atomic E-state index is 8.78. The summed E-state index contributed by atoms with van der Waals surface area (Å²) in [6.07, 6.45) is 0. The fourth-order valence-electron chi connectivity index (χ4n) is 1.42. The van der Waals surface area contributed by atoms with E-state index in [0.717, 1.165) is 0 Å². The van der Waals surface area contributed by atoms with Crippen molar-refractivity contribution in [3.05, 3.63) is 58.6 Å². The van der Waals surface area contributed by atoms with E-state index < -0.39 is 0 Å². The van der Waals surface area contributed by atoms with Crippen LogP contribution in [0, 0.1) is 22.7 Å². The number of ether oxygens (including phenoxy) is 1. The number of hydrogen-bond acceptors (Lipinski definition) is 3. The summed E-state index contributed by atoms with van der Waals surface area (Å²) in [6.45, 7) is 0.